The Hall–Kier alpha value is -5.57. The molecule has 5 rings (SSSR count). The first-order valence-electron chi connectivity index (χ1n) is 16.8. The van der Waals surface area contributed by atoms with Gasteiger partial charge in [-0.1, -0.05) is 102 Å². The smallest absolute Gasteiger partial charge is 0.407 e. The van der Waals surface area contributed by atoms with Crippen molar-refractivity contribution in [2.45, 2.75) is 51.7 Å². The summed E-state index contributed by atoms with van der Waals surface area (Å²) in [6.45, 7) is 4.21. The second kappa shape index (κ2) is 17.2. The van der Waals surface area contributed by atoms with Gasteiger partial charge in [-0.2, -0.15) is 0 Å². The van der Waals surface area contributed by atoms with Crippen molar-refractivity contribution < 1.29 is 33.7 Å². The highest BCUT2D eigenvalue weighted by atomic mass is 16.6. The highest BCUT2D eigenvalue weighted by molar-refractivity contribution is 5.79. The van der Waals surface area contributed by atoms with Crippen molar-refractivity contribution in [3.63, 3.8) is 0 Å². The summed E-state index contributed by atoms with van der Waals surface area (Å²) in [6, 6.07) is 32.7. The Morgan fingerprint density at radius 3 is 1.98 bits per heavy atom. The molecule has 0 aliphatic heterocycles. The van der Waals surface area contributed by atoms with Crippen molar-refractivity contribution in [1.82, 2.24) is 10.6 Å². The van der Waals surface area contributed by atoms with Crippen LogP contribution < -0.4 is 15.4 Å². The zero-order valence-electron chi connectivity index (χ0n) is 28.7. The van der Waals surface area contributed by atoms with E-state index in [0.717, 1.165) is 39.0 Å². The molecular weight excluding hydrogens is 632 g/mol. The molecule has 1 aliphatic carbocycles. The molecule has 0 saturated carbocycles. The third-order valence-corrected chi connectivity index (χ3v) is 9.35. The van der Waals surface area contributed by atoms with E-state index in [1.165, 1.54) is 0 Å². The molecule has 0 radical (unpaired) electrons. The predicted octanol–water partition coefficient (Wildman–Crippen LogP) is 7.89. The molecule has 4 aromatic carbocycles. The Labute approximate surface area is 293 Å². The minimum absolute atomic E-state index is 0.0906. The maximum Gasteiger partial charge on any atom is 0.407 e. The highest BCUT2D eigenvalue weighted by Crippen LogP contribution is 2.44. The van der Waals surface area contributed by atoms with E-state index >= 15 is 0 Å². The number of carboxylic acids is 1. The molecule has 0 spiro atoms. The van der Waals surface area contributed by atoms with E-state index in [9.17, 15) is 19.5 Å². The van der Waals surface area contributed by atoms with Gasteiger partial charge in [-0.05, 0) is 78.6 Å². The van der Waals surface area contributed by atoms with E-state index in [2.05, 4.69) is 34.9 Å². The SMILES string of the molecule is COc1ccc(C[C@@H](NC(=O)OCC2c3ccccc3-c3ccccc32)/C(C)=C(\C)[C@H](CCCNC(=O)OCc2ccccc2)C(=O)O)cc1. The number of benzene rings is 4. The predicted molar refractivity (Wildman–Crippen MR) is 192 cm³/mol. The van der Waals surface area contributed by atoms with Crippen LogP contribution in [-0.2, 0) is 27.3 Å². The van der Waals surface area contributed by atoms with Crippen LogP contribution in [0.25, 0.3) is 11.1 Å². The van der Waals surface area contributed by atoms with Crippen LogP contribution in [0.1, 0.15) is 54.9 Å². The third kappa shape index (κ3) is 9.11. The number of alkyl carbamates (subject to hydrolysis) is 2. The summed E-state index contributed by atoms with van der Waals surface area (Å²) in [6.07, 6.45) is -0.0140. The molecule has 0 bridgehead atoms. The monoisotopic (exact) mass is 676 g/mol. The summed E-state index contributed by atoms with van der Waals surface area (Å²) >= 11 is 0. The van der Waals surface area contributed by atoms with Crippen LogP contribution in [-0.4, -0.2) is 49.6 Å². The highest BCUT2D eigenvalue weighted by Gasteiger charge is 2.30. The lowest BCUT2D eigenvalue weighted by atomic mass is 9.87. The van der Waals surface area contributed by atoms with Crippen LogP contribution in [0.3, 0.4) is 0 Å². The molecule has 2 amide bonds. The number of methoxy groups -OCH3 is 1. The molecule has 0 unspecified atom stereocenters. The number of aliphatic carboxylic acids is 1. The van der Waals surface area contributed by atoms with E-state index in [-0.39, 0.29) is 32.1 Å². The summed E-state index contributed by atoms with van der Waals surface area (Å²) in [5.41, 5.74) is 7.70. The van der Waals surface area contributed by atoms with Gasteiger partial charge in [0.25, 0.3) is 0 Å². The number of fused-ring (bicyclic) bond motifs is 3. The summed E-state index contributed by atoms with van der Waals surface area (Å²) in [5.74, 6) is -1.17. The Balaban J connectivity index is 1.25. The second-order valence-corrected chi connectivity index (χ2v) is 12.5. The lowest BCUT2D eigenvalue weighted by Crippen LogP contribution is -2.39. The molecule has 0 saturated heterocycles. The number of carboxylic acid groups (broad SMARTS) is 1. The van der Waals surface area contributed by atoms with Gasteiger partial charge in [-0.15, -0.1) is 0 Å². The molecule has 0 aromatic heterocycles. The third-order valence-electron chi connectivity index (χ3n) is 9.35. The van der Waals surface area contributed by atoms with Crippen LogP contribution in [0.15, 0.2) is 114 Å². The van der Waals surface area contributed by atoms with E-state index in [0.29, 0.717) is 24.2 Å². The Morgan fingerprint density at radius 2 is 1.36 bits per heavy atom. The fourth-order valence-corrected chi connectivity index (χ4v) is 6.44. The zero-order valence-corrected chi connectivity index (χ0v) is 28.7. The van der Waals surface area contributed by atoms with Gasteiger partial charge < -0.3 is 30.0 Å². The van der Waals surface area contributed by atoms with Gasteiger partial charge in [0.15, 0.2) is 0 Å². The van der Waals surface area contributed by atoms with Gasteiger partial charge in [-0.25, -0.2) is 9.59 Å². The van der Waals surface area contributed by atoms with Gasteiger partial charge in [0.1, 0.15) is 19.0 Å². The van der Waals surface area contributed by atoms with Gasteiger partial charge in [0.05, 0.1) is 19.1 Å². The van der Waals surface area contributed by atoms with Crippen molar-refractivity contribution in [2.24, 2.45) is 5.92 Å². The lowest BCUT2D eigenvalue weighted by Gasteiger charge is -2.25. The molecule has 9 heteroatoms. The average Bonchev–Trinajstić information content (AvgIpc) is 3.46. The molecule has 1 aliphatic rings. The van der Waals surface area contributed by atoms with Gasteiger partial charge >= 0.3 is 18.2 Å². The van der Waals surface area contributed by atoms with E-state index in [1.54, 1.807) is 14.0 Å². The van der Waals surface area contributed by atoms with Crippen molar-refractivity contribution in [3.8, 4) is 16.9 Å². The molecule has 3 N–H and O–H groups in total. The molecule has 0 heterocycles. The maximum absolute atomic E-state index is 13.4. The van der Waals surface area contributed by atoms with Gasteiger partial charge in [-0.3, -0.25) is 4.79 Å². The van der Waals surface area contributed by atoms with E-state index < -0.39 is 30.1 Å². The Bertz CT molecular complexity index is 1760. The molecule has 2 atom stereocenters. The van der Waals surface area contributed by atoms with Crippen molar-refractivity contribution in [2.75, 3.05) is 20.3 Å². The van der Waals surface area contributed by atoms with Crippen LogP contribution in [0, 0.1) is 5.92 Å². The maximum atomic E-state index is 13.4. The number of ether oxygens (including phenoxy) is 3. The molecule has 4 aromatic rings. The van der Waals surface area contributed by atoms with Crippen molar-refractivity contribution in [3.05, 3.63) is 137 Å². The van der Waals surface area contributed by atoms with Crippen molar-refractivity contribution >= 4 is 18.2 Å². The van der Waals surface area contributed by atoms with Gasteiger partial charge in [0, 0.05) is 12.5 Å². The Kier molecular flexibility index (Phi) is 12.3. The first kappa shape index (κ1) is 35.7. The normalized spacial score (nSPS) is 13.6. The average molecular weight is 677 g/mol. The number of amides is 2. The number of rotatable bonds is 15. The first-order chi connectivity index (χ1) is 24.2. The lowest BCUT2D eigenvalue weighted by molar-refractivity contribution is -0.140. The van der Waals surface area contributed by atoms with Crippen LogP contribution in [0.4, 0.5) is 9.59 Å². The summed E-state index contributed by atoms with van der Waals surface area (Å²) in [4.78, 5) is 38.1. The minimum atomic E-state index is -0.974. The molecule has 260 valence electrons. The zero-order chi connectivity index (χ0) is 35.5. The summed E-state index contributed by atoms with van der Waals surface area (Å²) in [5, 5.41) is 16.0. The van der Waals surface area contributed by atoms with E-state index in [4.69, 9.17) is 14.2 Å². The molecular formula is C41H44N2O7. The molecule has 9 nitrogen and oxygen atoms in total. The summed E-state index contributed by atoms with van der Waals surface area (Å²) in [7, 11) is 1.60. The van der Waals surface area contributed by atoms with Crippen molar-refractivity contribution in [1.29, 1.82) is 0 Å². The van der Waals surface area contributed by atoms with Crippen LogP contribution >= 0.6 is 0 Å². The Morgan fingerprint density at radius 1 is 0.740 bits per heavy atom. The largest absolute Gasteiger partial charge is 0.497 e. The number of hydrogen-bond acceptors (Lipinski definition) is 6. The number of nitrogens with one attached hydrogen (secondary N) is 2. The first-order valence-corrected chi connectivity index (χ1v) is 16.8. The molecule has 50 heavy (non-hydrogen) atoms. The van der Waals surface area contributed by atoms with Crippen LogP contribution in [0.2, 0.25) is 0 Å². The fourth-order valence-electron chi connectivity index (χ4n) is 6.44. The number of hydrogen-bond donors (Lipinski definition) is 3. The molecule has 0 fully saturated rings. The summed E-state index contributed by atoms with van der Waals surface area (Å²) < 4.78 is 16.4. The second-order valence-electron chi connectivity index (χ2n) is 12.5. The van der Waals surface area contributed by atoms with E-state index in [1.807, 2.05) is 85.8 Å². The number of carbonyl (C=O) groups is 3. The quantitative estimate of drug-likeness (QED) is 0.0865. The standard InChI is InChI=1S/C41H44N2O7/c1-27(32(39(44)45)18-11-23-42-40(46)49-25-30-12-5-4-6-13-30)28(2)38(24-29-19-21-31(48-3)22-20-29)43-41(47)50-26-37-35-16-9-7-14-33(35)34-15-8-10-17-36(34)37/h4-10,12-17,19-22,32,37-38H,11,18,23-26H2,1-3H3,(H,42,46)(H,43,47)(H,44,45)/b28-27+/t32-,38+/m0/s1. The fraction of sp³-hybridized carbons (Fsp3) is 0.293. The topological polar surface area (TPSA) is 123 Å². The van der Waals surface area contributed by atoms with Crippen LogP contribution in [0.5, 0.6) is 5.75 Å². The minimum Gasteiger partial charge on any atom is -0.497 e. The number of carbonyl (C=O) groups excluding carboxylic acids is 2. The van der Waals surface area contributed by atoms with Gasteiger partial charge in [0.2, 0.25) is 0 Å².